The van der Waals surface area contributed by atoms with E-state index < -0.39 is 0 Å². The predicted molar refractivity (Wildman–Crippen MR) is 124 cm³/mol. The Balaban J connectivity index is -0.000000553. The van der Waals surface area contributed by atoms with Gasteiger partial charge >= 0.3 is 33.9 Å². The summed E-state index contributed by atoms with van der Waals surface area (Å²) in [6.07, 6.45) is 27.0. The molecule has 0 aromatic carbocycles. The molecule has 1 heterocycles. The molecule has 1 aliphatic heterocycles. The van der Waals surface area contributed by atoms with Gasteiger partial charge in [-0.1, -0.05) is 96.8 Å². The topological polar surface area (TPSA) is 78.2 Å². The van der Waals surface area contributed by atoms with Crippen molar-refractivity contribution in [2.45, 2.75) is 115 Å². The van der Waals surface area contributed by atoms with Gasteiger partial charge in [-0.05, 0) is 32.6 Å². The quantitative estimate of drug-likeness (QED) is 0.0874. The van der Waals surface area contributed by atoms with Crippen LogP contribution < -0.4 is 0 Å². The zero-order valence-corrected chi connectivity index (χ0v) is 21.6. The number of hydrogen-bond acceptors (Lipinski definition) is 2. The van der Waals surface area contributed by atoms with Crippen LogP contribution in [-0.2, 0) is 40.5 Å². The SMILES string of the molecule is [C-]#[O+].[C-]#[O+].[C-]#[O+].[CH2][CH][CH][CH][C@H]1OCCO[C@@H]1CCCCCCCCCCCCCCCC.[Fe]. The standard InChI is InChI=1S/C24H44O2.3CO.Fe/c1-3-5-7-8-9-10-11-12-13-14-15-16-17-18-20-24-23(19-6-4-2)25-21-22-26-24;3*1-2;/h4,6,19,23-24H,2-3,5,7-18,20-22H2,1H3;;;;/t23-,24-;;;;/m1..../s1. The summed E-state index contributed by atoms with van der Waals surface area (Å²) in [6.45, 7) is 21.0. The molecule has 0 N–H and O–H groups in total. The van der Waals surface area contributed by atoms with Crippen molar-refractivity contribution in [2.75, 3.05) is 13.2 Å². The maximum absolute atomic E-state index is 7.50. The number of rotatable bonds is 18. The van der Waals surface area contributed by atoms with Crippen LogP contribution in [0.15, 0.2) is 0 Å². The zero-order valence-electron chi connectivity index (χ0n) is 20.5. The van der Waals surface area contributed by atoms with Crippen molar-refractivity contribution >= 4 is 0 Å². The molecule has 0 aromatic heterocycles. The van der Waals surface area contributed by atoms with Crippen LogP contribution in [0.4, 0.5) is 0 Å². The zero-order chi connectivity index (χ0) is 24.7. The van der Waals surface area contributed by atoms with Crippen LogP contribution in [0.5, 0.6) is 0 Å². The van der Waals surface area contributed by atoms with Crippen molar-refractivity contribution in [3.63, 3.8) is 0 Å². The molecule has 0 unspecified atom stereocenters. The Morgan fingerprint density at radius 2 is 1.09 bits per heavy atom. The van der Waals surface area contributed by atoms with Gasteiger partial charge in [-0.25, -0.2) is 0 Å². The third-order valence-electron chi connectivity index (χ3n) is 5.37. The van der Waals surface area contributed by atoms with Crippen LogP contribution in [0.2, 0.25) is 0 Å². The first kappa shape index (κ1) is 39.9. The van der Waals surface area contributed by atoms with E-state index in [0.29, 0.717) is 6.61 Å². The maximum atomic E-state index is 7.50. The smallest absolute Gasteiger partial charge is 0.0872 e. The summed E-state index contributed by atoms with van der Waals surface area (Å²) >= 11 is 0. The molecule has 4 radical (unpaired) electrons. The molecule has 1 fully saturated rings. The van der Waals surface area contributed by atoms with E-state index in [0.717, 1.165) is 13.0 Å². The van der Waals surface area contributed by atoms with Gasteiger partial charge < -0.3 is 9.47 Å². The maximum Gasteiger partial charge on any atom is 0.0872 e. The number of hydrogen-bond donors (Lipinski definition) is 0. The van der Waals surface area contributed by atoms with Gasteiger partial charge in [0, 0.05) is 17.1 Å². The second-order valence-corrected chi connectivity index (χ2v) is 7.75. The third-order valence-corrected chi connectivity index (χ3v) is 5.37. The Morgan fingerprint density at radius 3 is 1.52 bits per heavy atom. The Bertz CT molecular complexity index is 383. The van der Waals surface area contributed by atoms with Crippen LogP contribution in [0.25, 0.3) is 0 Å². The second-order valence-electron chi connectivity index (χ2n) is 7.75. The Labute approximate surface area is 215 Å². The summed E-state index contributed by atoms with van der Waals surface area (Å²) in [6, 6.07) is 0. The van der Waals surface area contributed by atoms with Crippen molar-refractivity contribution in [1.82, 2.24) is 0 Å². The van der Waals surface area contributed by atoms with Crippen molar-refractivity contribution < 1.29 is 40.5 Å². The number of ether oxygens (including phenoxy) is 2. The molecule has 6 heteroatoms. The van der Waals surface area contributed by atoms with E-state index in [1.54, 1.807) is 0 Å². The Morgan fingerprint density at radius 1 is 0.697 bits per heavy atom. The summed E-state index contributed by atoms with van der Waals surface area (Å²) in [5.74, 6) is 0. The molecule has 1 aliphatic rings. The predicted octanol–water partition coefficient (Wildman–Crippen LogP) is 6.97. The van der Waals surface area contributed by atoms with Gasteiger partial charge in [0.2, 0.25) is 0 Å². The van der Waals surface area contributed by atoms with E-state index in [1.165, 1.54) is 89.9 Å². The summed E-state index contributed by atoms with van der Waals surface area (Å²) in [4.78, 5) is 0. The van der Waals surface area contributed by atoms with Crippen LogP contribution in [0, 0.1) is 46.1 Å². The van der Waals surface area contributed by atoms with Crippen LogP contribution in [-0.4, -0.2) is 25.4 Å². The molecule has 0 spiro atoms. The minimum Gasteiger partial charge on any atom is -0.373 e. The van der Waals surface area contributed by atoms with Gasteiger partial charge in [0.1, 0.15) is 0 Å². The van der Waals surface area contributed by atoms with Gasteiger partial charge in [0.15, 0.2) is 0 Å². The van der Waals surface area contributed by atoms with Gasteiger partial charge in [-0.2, -0.15) is 0 Å². The average molecular weight is 504 g/mol. The number of unbranched alkanes of at least 4 members (excludes halogenated alkanes) is 14. The molecule has 1 rings (SSSR count). The molecule has 0 aliphatic carbocycles. The van der Waals surface area contributed by atoms with Gasteiger partial charge in [0.25, 0.3) is 0 Å². The minimum atomic E-state index is 0. The largest absolute Gasteiger partial charge is 0.373 e. The Kier molecular flexibility index (Phi) is 47.0. The molecule has 0 amide bonds. The summed E-state index contributed by atoms with van der Waals surface area (Å²) in [5, 5.41) is 0. The van der Waals surface area contributed by atoms with E-state index in [2.05, 4.69) is 40.2 Å². The first-order valence-electron chi connectivity index (χ1n) is 12.0. The molecule has 0 saturated carbocycles. The van der Waals surface area contributed by atoms with E-state index in [-0.39, 0.29) is 29.3 Å². The van der Waals surface area contributed by atoms with Crippen molar-refractivity contribution in [2.24, 2.45) is 0 Å². The van der Waals surface area contributed by atoms with E-state index in [4.69, 9.17) is 23.4 Å². The normalized spacial score (nSPS) is 16.4. The molecule has 1 saturated heterocycles. The minimum absolute atomic E-state index is 0. The van der Waals surface area contributed by atoms with Crippen LogP contribution in [0.3, 0.4) is 0 Å². The fraction of sp³-hybridized carbons (Fsp3) is 0.741. The summed E-state index contributed by atoms with van der Waals surface area (Å²) < 4.78 is 34.2. The molecule has 0 aromatic rings. The van der Waals surface area contributed by atoms with Gasteiger partial charge in [0.05, 0.1) is 25.4 Å². The third kappa shape index (κ3) is 29.6. The molecule has 190 valence electrons. The van der Waals surface area contributed by atoms with Crippen LogP contribution >= 0.6 is 0 Å². The molecule has 33 heavy (non-hydrogen) atoms. The van der Waals surface area contributed by atoms with E-state index in [9.17, 15) is 0 Å². The molecule has 0 bridgehead atoms. The molecule has 2 atom stereocenters. The fourth-order valence-corrected chi connectivity index (χ4v) is 3.74. The molecular weight excluding hydrogens is 460 g/mol. The van der Waals surface area contributed by atoms with Gasteiger partial charge in [-0.3, -0.25) is 0 Å². The monoisotopic (exact) mass is 504 g/mol. The van der Waals surface area contributed by atoms with Crippen molar-refractivity contribution in [1.29, 1.82) is 0 Å². The Hall–Kier alpha value is -0.341. The second kappa shape index (κ2) is 38.9. The average Bonchev–Trinajstić information content (AvgIpc) is 2.87. The van der Waals surface area contributed by atoms with Crippen LogP contribution in [0.1, 0.15) is 103 Å². The van der Waals surface area contributed by atoms with Gasteiger partial charge in [-0.15, -0.1) is 0 Å². The summed E-state index contributed by atoms with van der Waals surface area (Å²) in [5.41, 5.74) is 0. The summed E-state index contributed by atoms with van der Waals surface area (Å²) in [7, 11) is 0. The first-order valence-corrected chi connectivity index (χ1v) is 12.0. The fourth-order valence-electron chi connectivity index (χ4n) is 3.74. The molecular formula is C27H44FeO5. The van der Waals surface area contributed by atoms with E-state index in [1.807, 2.05) is 12.8 Å². The first-order chi connectivity index (χ1) is 15.9. The molecule has 5 nitrogen and oxygen atoms in total. The van der Waals surface area contributed by atoms with E-state index >= 15 is 0 Å². The van der Waals surface area contributed by atoms with Crippen molar-refractivity contribution in [3.05, 3.63) is 46.1 Å². The van der Waals surface area contributed by atoms with Crippen molar-refractivity contribution in [3.8, 4) is 0 Å².